The molecule has 112 valence electrons. The summed E-state index contributed by atoms with van der Waals surface area (Å²) >= 11 is 0. The normalized spacial score (nSPS) is 12.2. The maximum atomic E-state index is 13.5. The topological polar surface area (TPSA) is 15.3 Å². The largest absolute Gasteiger partial charge is 0.378 e. The molecule has 0 fully saturated rings. The summed E-state index contributed by atoms with van der Waals surface area (Å²) < 4.78 is 13.5. The Hall–Kier alpha value is -1.87. The molecule has 0 saturated carbocycles. The number of anilines is 1. The van der Waals surface area contributed by atoms with Crippen molar-refractivity contribution < 1.29 is 4.39 Å². The van der Waals surface area contributed by atoms with E-state index in [4.69, 9.17) is 0 Å². The molecule has 2 aromatic rings. The molecule has 0 bridgehead atoms. The van der Waals surface area contributed by atoms with Crippen molar-refractivity contribution in [3.8, 4) is 0 Å². The van der Waals surface area contributed by atoms with E-state index in [9.17, 15) is 4.39 Å². The summed E-state index contributed by atoms with van der Waals surface area (Å²) in [5.41, 5.74) is 3.27. The first-order valence-corrected chi connectivity index (χ1v) is 7.38. The Morgan fingerprint density at radius 1 is 1.05 bits per heavy atom. The quantitative estimate of drug-likeness (QED) is 0.864. The second-order valence-corrected chi connectivity index (χ2v) is 5.43. The molecule has 0 aliphatic rings. The van der Waals surface area contributed by atoms with Crippen LogP contribution < -0.4 is 10.2 Å². The maximum absolute atomic E-state index is 13.5. The van der Waals surface area contributed by atoms with E-state index >= 15 is 0 Å². The average molecular weight is 286 g/mol. The fourth-order valence-electron chi connectivity index (χ4n) is 2.37. The Bertz CT molecular complexity index is 564. The molecule has 0 aliphatic carbocycles. The van der Waals surface area contributed by atoms with Crippen LogP contribution in [0.5, 0.6) is 0 Å². The lowest BCUT2D eigenvalue weighted by molar-refractivity contribution is 0.585. The van der Waals surface area contributed by atoms with Crippen LogP contribution >= 0.6 is 0 Å². The highest BCUT2D eigenvalue weighted by atomic mass is 19.1. The van der Waals surface area contributed by atoms with Crippen molar-refractivity contribution >= 4 is 5.69 Å². The minimum absolute atomic E-state index is 0.0249. The van der Waals surface area contributed by atoms with E-state index in [0.29, 0.717) is 0 Å². The zero-order valence-electron chi connectivity index (χ0n) is 12.9. The molecule has 3 heteroatoms. The molecule has 0 aromatic heterocycles. The van der Waals surface area contributed by atoms with Crippen LogP contribution in [0, 0.1) is 5.82 Å². The number of benzene rings is 2. The summed E-state index contributed by atoms with van der Waals surface area (Å²) in [6, 6.07) is 15.2. The molecule has 1 N–H and O–H groups in total. The Kier molecular flexibility index (Phi) is 5.34. The summed E-state index contributed by atoms with van der Waals surface area (Å²) in [5.74, 6) is -0.194. The van der Waals surface area contributed by atoms with E-state index in [0.717, 1.165) is 29.8 Å². The van der Waals surface area contributed by atoms with E-state index in [2.05, 4.69) is 41.4 Å². The minimum Gasteiger partial charge on any atom is -0.378 e. The van der Waals surface area contributed by atoms with Crippen molar-refractivity contribution in [1.82, 2.24) is 5.32 Å². The number of rotatable bonds is 6. The highest BCUT2D eigenvalue weighted by Crippen LogP contribution is 2.24. The van der Waals surface area contributed by atoms with Gasteiger partial charge in [-0.3, -0.25) is 0 Å². The van der Waals surface area contributed by atoms with E-state index in [1.54, 1.807) is 12.1 Å². The minimum atomic E-state index is -0.194. The van der Waals surface area contributed by atoms with Crippen molar-refractivity contribution in [2.24, 2.45) is 0 Å². The van der Waals surface area contributed by atoms with Crippen molar-refractivity contribution in [1.29, 1.82) is 0 Å². The Morgan fingerprint density at radius 2 is 1.76 bits per heavy atom. The van der Waals surface area contributed by atoms with E-state index in [-0.39, 0.29) is 11.9 Å². The third-order valence-electron chi connectivity index (χ3n) is 3.52. The molecule has 2 aromatic carbocycles. The molecule has 0 amide bonds. The van der Waals surface area contributed by atoms with Gasteiger partial charge in [0.1, 0.15) is 5.82 Å². The summed E-state index contributed by atoms with van der Waals surface area (Å²) in [5, 5.41) is 3.50. The van der Waals surface area contributed by atoms with E-state index in [1.807, 2.05) is 20.2 Å². The fraction of sp³-hybridized carbons (Fsp3) is 0.333. The highest BCUT2D eigenvalue weighted by Gasteiger charge is 2.14. The second-order valence-electron chi connectivity index (χ2n) is 5.43. The van der Waals surface area contributed by atoms with Gasteiger partial charge in [-0.2, -0.15) is 0 Å². The standard InChI is InChI=1S/C18H23FN2/c1-4-12-20-18(15-6-5-7-16(19)13-15)14-8-10-17(11-9-14)21(2)3/h5-11,13,18,20H,4,12H2,1-3H3. The molecule has 0 saturated heterocycles. The zero-order chi connectivity index (χ0) is 15.2. The predicted octanol–water partition coefficient (Wildman–Crippen LogP) is 3.98. The van der Waals surface area contributed by atoms with Crippen molar-refractivity contribution in [3.05, 3.63) is 65.5 Å². The molecule has 0 spiro atoms. The van der Waals surface area contributed by atoms with Gasteiger partial charge in [-0.15, -0.1) is 0 Å². The van der Waals surface area contributed by atoms with Gasteiger partial charge in [0.05, 0.1) is 6.04 Å². The highest BCUT2D eigenvalue weighted by molar-refractivity contribution is 5.47. The van der Waals surface area contributed by atoms with Gasteiger partial charge in [-0.25, -0.2) is 4.39 Å². The smallest absolute Gasteiger partial charge is 0.123 e. The molecular weight excluding hydrogens is 263 g/mol. The van der Waals surface area contributed by atoms with Crippen molar-refractivity contribution in [2.45, 2.75) is 19.4 Å². The van der Waals surface area contributed by atoms with E-state index < -0.39 is 0 Å². The molecule has 1 unspecified atom stereocenters. The van der Waals surface area contributed by atoms with Gasteiger partial charge >= 0.3 is 0 Å². The first-order chi connectivity index (χ1) is 10.1. The lowest BCUT2D eigenvalue weighted by atomic mass is 9.98. The Balaban J connectivity index is 2.31. The SMILES string of the molecule is CCCNC(c1ccc(N(C)C)cc1)c1cccc(F)c1. The van der Waals surface area contributed by atoms with Crippen LogP contribution in [0.15, 0.2) is 48.5 Å². The van der Waals surface area contributed by atoms with Crippen LogP contribution in [-0.2, 0) is 0 Å². The van der Waals surface area contributed by atoms with Crippen molar-refractivity contribution in [3.63, 3.8) is 0 Å². The van der Waals surface area contributed by atoms with Crippen LogP contribution in [0.1, 0.15) is 30.5 Å². The van der Waals surface area contributed by atoms with Crippen molar-refractivity contribution in [2.75, 3.05) is 25.5 Å². The summed E-state index contributed by atoms with van der Waals surface area (Å²) in [6.07, 6.45) is 1.04. The lowest BCUT2D eigenvalue weighted by Gasteiger charge is -2.21. The Labute approximate surface area is 126 Å². The summed E-state index contributed by atoms with van der Waals surface area (Å²) in [4.78, 5) is 2.07. The van der Waals surface area contributed by atoms with Crippen LogP contribution in [0.4, 0.5) is 10.1 Å². The van der Waals surface area contributed by atoms with Crippen LogP contribution in [0.25, 0.3) is 0 Å². The molecule has 0 radical (unpaired) electrons. The third-order valence-corrected chi connectivity index (χ3v) is 3.52. The van der Waals surface area contributed by atoms with E-state index in [1.165, 1.54) is 6.07 Å². The number of hydrogen-bond donors (Lipinski definition) is 1. The monoisotopic (exact) mass is 286 g/mol. The third kappa shape index (κ3) is 4.05. The van der Waals surface area contributed by atoms with Gasteiger partial charge in [-0.1, -0.05) is 31.2 Å². The average Bonchev–Trinajstić information content (AvgIpc) is 2.48. The van der Waals surface area contributed by atoms with Gasteiger partial charge in [0.25, 0.3) is 0 Å². The van der Waals surface area contributed by atoms with Gasteiger partial charge in [-0.05, 0) is 48.4 Å². The summed E-state index contributed by atoms with van der Waals surface area (Å²) in [7, 11) is 4.04. The molecule has 2 rings (SSSR count). The molecule has 1 atom stereocenters. The lowest BCUT2D eigenvalue weighted by Crippen LogP contribution is -2.23. The maximum Gasteiger partial charge on any atom is 0.123 e. The van der Waals surface area contributed by atoms with Gasteiger partial charge in [0, 0.05) is 19.8 Å². The number of halogens is 1. The molecule has 21 heavy (non-hydrogen) atoms. The van der Waals surface area contributed by atoms with Crippen LogP contribution in [0.3, 0.4) is 0 Å². The first kappa shape index (κ1) is 15.5. The fourth-order valence-corrected chi connectivity index (χ4v) is 2.37. The van der Waals surface area contributed by atoms with Crippen LogP contribution in [-0.4, -0.2) is 20.6 Å². The second kappa shape index (κ2) is 7.23. The molecular formula is C18H23FN2. The first-order valence-electron chi connectivity index (χ1n) is 7.38. The van der Waals surface area contributed by atoms with Gasteiger partial charge in [0.2, 0.25) is 0 Å². The molecule has 0 aliphatic heterocycles. The van der Waals surface area contributed by atoms with Crippen LogP contribution in [0.2, 0.25) is 0 Å². The summed E-state index contributed by atoms with van der Waals surface area (Å²) in [6.45, 7) is 3.03. The van der Waals surface area contributed by atoms with Gasteiger partial charge in [0.15, 0.2) is 0 Å². The predicted molar refractivity (Wildman–Crippen MR) is 87.3 cm³/mol. The molecule has 0 heterocycles. The molecule has 2 nitrogen and oxygen atoms in total. The zero-order valence-corrected chi connectivity index (χ0v) is 12.9. The van der Waals surface area contributed by atoms with Gasteiger partial charge < -0.3 is 10.2 Å². The number of hydrogen-bond acceptors (Lipinski definition) is 2. The number of nitrogens with one attached hydrogen (secondary N) is 1. The number of nitrogens with zero attached hydrogens (tertiary/aromatic N) is 1. The Morgan fingerprint density at radius 3 is 2.33 bits per heavy atom.